The zero-order valence-electron chi connectivity index (χ0n) is 16.0. The Morgan fingerprint density at radius 2 is 1.76 bits per heavy atom. The topological polar surface area (TPSA) is 94.3 Å². The molecular weight excluding hydrogens is 388 g/mol. The quantitative estimate of drug-likeness (QED) is 0.600. The van der Waals surface area contributed by atoms with E-state index in [1.54, 1.807) is 48.5 Å². The van der Waals surface area contributed by atoms with Gasteiger partial charge in [-0.2, -0.15) is 5.26 Å². The number of amides is 2. The Labute approximate surface area is 173 Å². The second kappa shape index (κ2) is 8.72. The van der Waals surface area contributed by atoms with Crippen LogP contribution in [0.3, 0.4) is 0 Å². The van der Waals surface area contributed by atoms with Crippen LogP contribution in [0.25, 0.3) is 5.70 Å². The van der Waals surface area contributed by atoms with E-state index in [4.69, 9.17) is 11.6 Å². The SMILES string of the molecule is CC(C)CNC(=O)C(C#N)=C1N=C(NC(=O)c2ccccc2Cl)c2ccccc21. The van der Waals surface area contributed by atoms with Gasteiger partial charge in [0.25, 0.3) is 11.8 Å². The number of amidine groups is 1. The third-order valence-electron chi connectivity index (χ3n) is 4.26. The number of carbonyl (C=O) groups excluding carboxylic acids is 2. The van der Waals surface area contributed by atoms with Gasteiger partial charge in [0.1, 0.15) is 17.5 Å². The number of carbonyl (C=O) groups is 2. The molecule has 2 amide bonds. The molecule has 0 fully saturated rings. The first kappa shape index (κ1) is 20.3. The Balaban J connectivity index is 1.99. The average Bonchev–Trinajstić information content (AvgIpc) is 3.05. The van der Waals surface area contributed by atoms with Crippen LogP contribution in [0.15, 0.2) is 59.1 Å². The van der Waals surface area contributed by atoms with Crippen molar-refractivity contribution >= 4 is 34.9 Å². The van der Waals surface area contributed by atoms with E-state index in [9.17, 15) is 14.9 Å². The number of benzene rings is 2. The maximum Gasteiger partial charge on any atom is 0.264 e. The van der Waals surface area contributed by atoms with E-state index in [0.717, 1.165) is 0 Å². The highest BCUT2D eigenvalue weighted by atomic mass is 35.5. The summed E-state index contributed by atoms with van der Waals surface area (Å²) in [4.78, 5) is 29.6. The Morgan fingerprint density at radius 3 is 2.41 bits per heavy atom. The predicted octanol–water partition coefficient (Wildman–Crippen LogP) is 3.54. The first-order valence-corrected chi connectivity index (χ1v) is 9.47. The maximum absolute atomic E-state index is 12.7. The number of halogens is 1. The van der Waals surface area contributed by atoms with Gasteiger partial charge < -0.3 is 10.6 Å². The summed E-state index contributed by atoms with van der Waals surface area (Å²) in [5.74, 6) is -0.403. The lowest BCUT2D eigenvalue weighted by Crippen LogP contribution is -2.30. The highest BCUT2D eigenvalue weighted by molar-refractivity contribution is 6.34. The van der Waals surface area contributed by atoms with E-state index in [1.165, 1.54) is 0 Å². The fourth-order valence-corrected chi connectivity index (χ4v) is 3.05. The molecule has 1 aliphatic heterocycles. The second-order valence-electron chi connectivity index (χ2n) is 6.88. The highest BCUT2D eigenvalue weighted by Crippen LogP contribution is 2.30. The van der Waals surface area contributed by atoms with Crippen LogP contribution in [0.1, 0.15) is 35.3 Å². The largest absolute Gasteiger partial charge is 0.351 e. The molecule has 0 radical (unpaired) electrons. The van der Waals surface area contributed by atoms with Crippen LogP contribution in [-0.2, 0) is 4.79 Å². The summed E-state index contributed by atoms with van der Waals surface area (Å²) in [5.41, 5.74) is 1.69. The van der Waals surface area contributed by atoms with Crippen molar-refractivity contribution in [3.05, 3.63) is 75.8 Å². The second-order valence-corrected chi connectivity index (χ2v) is 7.29. The molecule has 2 N–H and O–H groups in total. The van der Waals surface area contributed by atoms with Gasteiger partial charge >= 0.3 is 0 Å². The molecule has 0 aliphatic carbocycles. The number of rotatable bonds is 4. The lowest BCUT2D eigenvalue weighted by atomic mass is 10.0. The van der Waals surface area contributed by atoms with Crippen molar-refractivity contribution in [1.82, 2.24) is 10.6 Å². The zero-order valence-corrected chi connectivity index (χ0v) is 16.7. The van der Waals surface area contributed by atoms with Crippen molar-refractivity contribution in [3.8, 4) is 6.07 Å². The minimum Gasteiger partial charge on any atom is -0.351 e. The summed E-state index contributed by atoms with van der Waals surface area (Å²) in [6, 6.07) is 15.7. The molecule has 0 atom stereocenters. The monoisotopic (exact) mass is 406 g/mol. The number of fused-ring (bicyclic) bond motifs is 1. The molecule has 0 bridgehead atoms. The van der Waals surface area contributed by atoms with E-state index in [2.05, 4.69) is 15.6 Å². The summed E-state index contributed by atoms with van der Waals surface area (Å²) in [7, 11) is 0. The van der Waals surface area contributed by atoms with E-state index < -0.39 is 11.8 Å². The van der Waals surface area contributed by atoms with Gasteiger partial charge in [0, 0.05) is 17.7 Å². The van der Waals surface area contributed by atoms with Gasteiger partial charge in [-0.15, -0.1) is 0 Å². The number of hydrogen-bond acceptors (Lipinski definition) is 4. The van der Waals surface area contributed by atoms with Crippen molar-refractivity contribution < 1.29 is 9.59 Å². The molecule has 2 aromatic carbocycles. The molecule has 0 spiro atoms. The lowest BCUT2D eigenvalue weighted by Gasteiger charge is -2.08. The number of nitrogens with one attached hydrogen (secondary N) is 2. The van der Waals surface area contributed by atoms with E-state index in [1.807, 2.05) is 19.9 Å². The van der Waals surface area contributed by atoms with Crippen LogP contribution in [0.2, 0.25) is 5.02 Å². The third-order valence-corrected chi connectivity index (χ3v) is 4.59. The minimum absolute atomic E-state index is 0.0971. The molecule has 1 aliphatic rings. The highest BCUT2D eigenvalue weighted by Gasteiger charge is 2.27. The third kappa shape index (κ3) is 4.36. The zero-order chi connectivity index (χ0) is 21.0. The molecule has 0 saturated heterocycles. The van der Waals surface area contributed by atoms with Gasteiger partial charge in [-0.3, -0.25) is 9.59 Å². The first-order valence-electron chi connectivity index (χ1n) is 9.09. The lowest BCUT2D eigenvalue weighted by molar-refractivity contribution is -0.117. The molecule has 2 aromatic rings. The van der Waals surface area contributed by atoms with Gasteiger partial charge in [-0.25, -0.2) is 4.99 Å². The summed E-state index contributed by atoms with van der Waals surface area (Å²) < 4.78 is 0. The van der Waals surface area contributed by atoms with Gasteiger partial charge in [0.2, 0.25) is 0 Å². The molecule has 0 unspecified atom stereocenters. The summed E-state index contributed by atoms with van der Waals surface area (Å²) in [6.45, 7) is 4.37. The van der Waals surface area contributed by atoms with Crippen molar-refractivity contribution in [2.24, 2.45) is 10.9 Å². The molecular formula is C22H19ClN4O2. The molecule has 29 heavy (non-hydrogen) atoms. The van der Waals surface area contributed by atoms with Crippen molar-refractivity contribution in [3.63, 3.8) is 0 Å². The van der Waals surface area contributed by atoms with Crippen LogP contribution in [0.5, 0.6) is 0 Å². The Kier molecular flexibility index (Phi) is 6.10. The Morgan fingerprint density at radius 1 is 1.10 bits per heavy atom. The predicted molar refractivity (Wildman–Crippen MR) is 112 cm³/mol. The average molecular weight is 407 g/mol. The number of nitriles is 1. The van der Waals surface area contributed by atoms with Crippen LogP contribution in [0.4, 0.5) is 0 Å². The fraction of sp³-hybridized carbons (Fsp3) is 0.182. The van der Waals surface area contributed by atoms with Crippen LogP contribution < -0.4 is 10.6 Å². The molecule has 7 heteroatoms. The van der Waals surface area contributed by atoms with Gasteiger partial charge in [-0.05, 0) is 18.1 Å². The van der Waals surface area contributed by atoms with E-state index >= 15 is 0 Å². The number of nitrogens with zero attached hydrogens (tertiary/aromatic N) is 2. The van der Waals surface area contributed by atoms with Crippen LogP contribution >= 0.6 is 11.6 Å². The fourth-order valence-electron chi connectivity index (χ4n) is 2.83. The molecule has 0 saturated carbocycles. The van der Waals surface area contributed by atoms with E-state index in [-0.39, 0.29) is 23.0 Å². The standard InChI is InChI=1S/C22H19ClN4O2/c1-13(2)12-25-21(28)17(11-24)19-14-7-3-4-8-15(14)20(26-19)27-22(29)16-9-5-6-10-18(16)23/h3-10,13H,12H2,1-2H3,(H,25,28)(H,26,27,29). The summed E-state index contributed by atoms with van der Waals surface area (Å²) in [5, 5.41) is 15.4. The maximum atomic E-state index is 12.7. The van der Waals surface area contributed by atoms with Crippen LogP contribution in [-0.4, -0.2) is 24.2 Å². The molecule has 0 aromatic heterocycles. The minimum atomic E-state index is -0.492. The Hall–Kier alpha value is -3.43. The van der Waals surface area contributed by atoms with Gasteiger partial charge in [-0.1, -0.05) is 61.8 Å². The van der Waals surface area contributed by atoms with Crippen molar-refractivity contribution in [2.45, 2.75) is 13.8 Å². The van der Waals surface area contributed by atoms with Gasteiger partial charge in [0.15, 0.2) is 0 Å². The first-order chi connectivity index (χ1) is 13.9. The number of hydrogen-bond donors (Lipinski definition) is 2. The summed E-state index contributed by atoms with van der Waals surface area (Å²) in [6.07, 6.45) is 0. The molecule has 1 heterocycles. The molecule has 3 rings (SSSR count). The van der Waals surface area contributed by atoms with Gasteiger partial charge in [0.05, 0.1) is 16.3 Å². The smallest absolute Gasteiger partial charge is 0.264 e. The summed E-state index contributed by atoms with van der Waals surface area (Å²) >= 11 is 6.10. The van der Waals surface area contributed by atoms with Crippen LogP contribution in [0, 0.1) is 17.2 Å². The Bertz CT molecular complexity index is 1080. The van der Waals surface area contributed by atoms with E-state index in [0.29, 0.717) is 28.3 Å². The van der Waals surface area contributed by atoms with Crippen molar-refractivity contribution in [2.75, 3.05) is 6.54 Å². The molecule has 6 nitrogen and oxygen atoms in total. The van der Waals surface area contributed by atoms with Crippen molar-refractivity contribution in [1.29, 1.82) is 5.26 Å². The number of aliphatic imine (C=N–C) groups is 1. The normalized spacial score (nSPS) is 14.0. The molecule has 146 valence electrons.